The lowest BCUT2D eigenvalue weighted by molar-refractivity contribution is -0.138. The smallest absolute Gasteiger partial charge is 0.319 e. The average Bonchev–Trinajstić information content (AvgIpc) is 2.19. The maximum atomic E-state index is 9.83. The van der Waals surface area contributed by atoms with Crippen LogP contribution < -0.4 is 5.73 Å². The first-order valence-electron chi connectivity index (χ1n) is 3.71. The number of nitrogens with two attached hydrogens (primary N) is 1. The number of hydrogen-bond acceptors (Lipinski definition) is 4. The molecule has 0 aliphatic rings. The van der Waals surface area contributed by atoms with Gasteiger partial charge < -0.3 is 15.6 Å². The number of methoxy groups -OCH3 is 1. The van der Waals surface area contributed by atoms with Crippen molar-refractivity contribution in [1.29, 1.82) is 0 Å². The Hall–Kier alpha value is -1.55. The van der Waals surface area contributed by atoms with Crippen LogP contribution in [0.5, 0.6) is 5.75 Å². The van der Waals surface area contributed by atoms with Gasteiger partial charge in [0.1, 0.15) is 5.75 Å². The highest BCUT2D eigenvalue weighted by Gasteiger charge is 1.87. The van der Waals surface area contributed by atoms with Crippen LogP contribution >= 0.6 is 0 Å². The number of benzene rings is 1. The van der Waals surface area contributed by atoms with Crippen molar-refractivity contribution in [2.45, 2.75) is 0 Å². The molecule has 1 rings (SSSR count). The number of carbonyl (C=O) groups is 1. The van der Waals surface area contributed by atoms with Gasteiger partial charge in [0, 0.05) is 0 Å². The summed E-state index contributed by atoms with van der Waals surface area (Å²) < 4.78 is 4.14. The van der Waals surface area contributed by atoms with E-state index in [0.29, 0.717) is 5.75 Å². The molecule has 0 spiro atoms. The summed E-state index contributed by atoms with van der Waals surface area (Å²) >= 11 is 0. The summed E-state index contributed by atoms with van der Waals surface area (Å²) in [5.41, 5.74) is 4.81. The van der Waals surface area contributed by atoms with E-state index in [1.807, 2.05) is 6.07 Å². The van der Waals surface area contributed by atoms with Gasteiger partial charge in [-0.1, -0.05) is 18.2 Å². The van der Waals surface area contributed by atoms with Crippen LogP contribution in [0.4, 0.5) is 0 Å². The van der Waals surface area contributed by atoms with Gasteiger partial charge >= 0.3 is 5.97 Å². The zero-order chi connectivity index (χ0) is 10.1. The molecule has 0 unspecified atom stereocenters. The fourth-order valence-electron chi connectivity index (χ4n) is 0.511. The Balaban J connectivity index is 0.000000226. The third kappa shape index (κ3) is 6.83. The highest BCUT2D eigenvalue weighted by Crippen LogP contribution is 2.02. The molecule has 0 radical (unpaired) electrons. The van der Waals surface area contributed by atoms with Gasteiger partial charge in [-0.25, -0.2) is 0 Å². The van der Waals surface area contributed by atoms with Crippen molar-refractivity contribution in [3.63, 3.8) is 0 Å². The monoisotopic (exact) mass is 183 g/mol. The predicted molar refractivity (Wildman–Crippen MR) is 49.2 cm³/mol. The molecule has 0 saturated heterocycles. The van der Waals surface area contributed by atoms with Crippen LogP contribution in [0.3, 0.4) is 0 Å². The maximum absolute atomic E-state index is 9.83. The Bertz CT molecular complexity index is 230. The van der Waals surface area contributed by atoms with E-state index in [1.165, 1.54) is 7.11 Å². The average molecular weight is 183 g/mol. The molecule has 4 nitrogen and oxygen atoms in total. The molecule has 1 aromatic rings. The second kappa shape index (κ2) is 7.12. The maximum Gasteiger partial charge on any atom is 0.319 e. The second-order valence-corrected chi connectivity index (χ2v) is 2.12. The zero-order valence-electron chi connectivity index (χ0n) is 7.43. The fraction of sp³-hybridized carbons (Fsp3) is 0.222. The van der Waals surface area contributed by atoms with Gasteiger partial charge in [-0.05, 0) is 12.1 Å². The summed E-state index contributed by atoms with van der Waals surface area (Å²) in [6.45, 7) is -0.0312. The lowest BCUT2D eigenvalue weighted by atomic mass is 10.3. The van der Waals surface area contributed by atoms with Gasteiger partial charge in [-0.2, -0.15) is 0 Å². The molecule has 0 aromatic heterocycles. The molecule has 72 valence electrons. The molecule has 0 fully saturated rings. The van der Waals surface area contributed by atoms with Crippen molar-refractivity contribution >= 4 is 5.97 Å². The summed E-state index contributed by atoms with van der Waals surface area (Å²) in [5, 5.41) is 8.63. The van der Waals surface area contributed by atoms with E-state index in [-0.39, 0.29) is 12.5 Å². The molecule has 0 saturated carbocycles. The summed E-state index contributed by atoms with van der Waals surface area (Å²) in [6, 6.07) is 8.71. The van der Waals surface area contributed by atoms with Crippen molar-refractivity contribution in [3.8, 4) is 5.75 Å². The van der Waals surface area contributed by atoms with Crippen LogP contribution in [0.15, 0.2) is 30.3 Å². The number of aromatic hydroxyl groups is 1. The molecule has 0 amide bonds. The number of rotatable bonds is 1. The molecular formula is C9H13NO3. The van der Waals surface area contributed by atoms with Crippen molar-refractivity contribution in [1.82, 2.24) is 0 Å². The molecule has 3 N–H and O–H groups in total. The quantitative estimate of drug-likeness (QED) is 0.622. The van der Waals surface area contributed by atoms with E-state index in [0.717, 1.165) is 0 Å². The minimum Gasteiger partial charge on any atom is -0.508 e. The predicted octanol–water partition coefficient (Wildman–Crippen LogP) is 0.510. The van der Waals surface area contributed by atoms with E-state index in [4.69, 9.17) is 10.8 Å². The number of carbonyl (C=O) groups excluding carboxylic acids is 1. The number of hydrogen-bond donors (Lipinski definition) is 2. The molecule has 0 aliphatic carbocycles. The van der Waals surface area contributed by atoms with Crippen molar-refractivity contribution in [2.24, 2.45) is 5.73 Å². The van der Waals surface area contributed by atoms with Crippen LogP contribution in [0.2, 0.25) is 0 Å². The van der Waals surface area contributed by atoms with Crippen molar-refractivity contribution < 1.29 is 14.6 Å². The first-order valence-corrected chi connectivity index (χ1v) is 3.71. The summed E-state index contributed by atoms with van der Waals surface area (Å²) in [6.07, 6.45) is 0. The van der Waals surface area contributed by atoms with E-state index in [9.17, 15) is 4.79 Å². The van der Waals surface area contributed by atoms with Gasteiger partial charge in [-0.15, -0.1) is 0 Å². The molecule has 0 bridgehead atoms. The largest absolute Gasteiger partial charge is 0.508 e. The van der Waals surface area contributed by atoms with Crippen LogP contribution in [0.1, 0.15) is 0 Å². The number of ether oxygens (including phenoxy) is 1. The lowest BCUT2D eigenvalue weighted by Crippen LogP contribution is -2.14. The topological polar surface area (TPSA) is 72.5 Å². The third-order valence-electron chi connectivity index (χ3n) is 1.15. The minimum atomic E-state index is -0.380. The molecule has 1 aromatic carbocycles. The van der Waals surface area contributed by atoms with Gasteiger partial charge in [0.05, 0.1) is 13.7 Å². The zero-order valence-corrected chi connectivity index (χ0v) is 7.43. The molecule has 13 heavy (non-hydrogen) atoms. The van der Waals surface area contributed by atoms with Gasteiger partial charge in [0.2, 0.25) is 0 Å². The van der Waals surface area contributed by atoms with Crippen LogP contribution in [-0.2, 0) is 9.53 Å². The Morgan fingerprint density at radius 2 is 2.00 bits per heavy atom. The van der Waals surface area contributed by atoms with E-state index in [2.05, 4.69) is 4.74 Å². The SMILES string of the molecule is COC(=O)CN.Oc1ccccc1. The number of esters is 1. The van der Waals surface area contributed by atoms with Gasteiger partial charge in [0.15, 0.2) is 0 Å². The Morgan fingerprint density at radius 3 is 2.15 bits per heavy atom. The summed E-state index contributed by atoms with van der Waals surface area (Å²) in [5.74, 6) is -0.0579. The fourth-order valence-corrected chi connectivity index (χ4v) is 0.511. The van der Waals surface area contributed by atoms with Crippen LogP contribution in [0, 0.1) is 0 Å². The third-order valence-corrected chi connectivity index (χ3v) is 1.15. The van der Waals surface area contributed by atoms with Crippen LogP contribution in [-0.4, -0.2) is 24.7 Å². The van der Waals surface area contributed by atoms with Crippen molar-refractivity contribution in [2.75, 3.05) is 13.7 Å². The molecule has 0 heterocycles. The number of para-hydroxylation sites is 1. The molecule has 0 atom stereocenters. The minimum absolute atomic E-state index is 0.0312. The highest BCUT2D eigenvalue weighted by atomic mass is 16.5. The van der Waals surface area contributed by atoms with E-state index < -0.39 is 0 Å². The Kier molecular flexibility index (Phi) is 6.27. The highest BCUT2D eigenvalue weighted by molar-refractivity contribution is 5.70. The molecule has 0 aliphatic heterocycles. The first-order chi connectivity index (χ1) is 6.20. The van der Waals surface area contributed by atoms with E-state index >= 15 is 0 Å². The van der Waals surface area contributed by atoms with Crippen LogP contribution in [0.25, 0.3) is 0 Å². The summed E-state index contributed by atoms with van der Waals surface area (Å²) in [7, 11) is 1.30. The number of phenols is 1. The second-order valence-electron chi connectivity index (χ2n) is 2.12. The van der Waals surface area contributed by atoms with Crippen molar-refractivity contribution in [3.05, 3.63) is 30.3 Å². The first kappa shape index (κ1) is 11.4. The number of phenolic OH excluding ortho intramolecular Hbond substituents is 1. The van der Waals surface area contributed by atoms with Gasteiger partial charge in [0.25, 0.3) is 0 Å². The lowest BCUT2D eigenvalue weighted by Gasteiger charge is -1.87. The van der Waals surface area contributed by atoms with E-state index in [1.54, 1.807) is 24.3 Å². The Morgan fingerprint density at radius 1 is 1.46 bits per heavy atom. The van der Waals surface area contributed by atoms with Gasteiger partial charge in [-0.3, -0.25) is 4.79 Å². The standard InChI is InChI=1S/C6H6O.C3H7NO2/c7-6-4-2-1-3-5-6;1-6-3(5)2-4/h1-5,7H;2,4H2,1H3. The normalized spacial score (nSPS) is 8.15. The molecular weight excluding hydrogens is 170 g/mol. The molecule has 4 heteroatoms. The summed E-state index contributed by atoms with van der Waals surface area (Å²) in [4.78, 5) is 9.83. The Labute approximate surface area is 76.9 Å².